The third-order valence-corrected chi connectivity index (χ3v) is 3.58. The molecule has 5 nitrogen and oxygen atoms in total. The van der Waals surface area contributed by atoms with Crippen LogP contribution in [0.3, 0.4) is 0 Å². The van der Waals surface area contributed by atoms with Crippen molar-refractivity contribution in [2.75, 3.05) is 6.54 Å². The summed E-state index contributed by atoms with van der Waals surface area (Å²) in [6.45, 7) is 8.10. The molecule has 0 heterocycles. The normalized spacial score (nSPS) is 13.1. The van der Waals surface area contributed by atoms with Crippen LogP contribution in [-0.4, -0.2) is 35.1 Å². The summed E-state index contributed by atoms with van der Waals surface area (Å²) in [5.74, 6) is -1.04. The van der Waals surface area contributed by atoms with Crippen LogP contribution in [0.15, 0.2) is 0 Å². The Bertz CT molecular complexity index is 288. The minimum absolute atomic E-state index is 0.136. The Balaban J connectivity index is 4.36. The van der Waals surface area contributed by atoms with Crippen LogP contribution in [0.25, 0.3) is 0 Å². The summed E-state index contributed by atoms with van der Waals surface area (Å²) >= 11 is 0. The lowest BCUT2D eigenvalue weighted by molar-refractivity contribution is -0.146. The van der Waals surface area contributed by atoms with E-state index >= 15 is 0 Å². The average Bonchev–Trinajstić information content (AvgIpc) is 2.40. The Morgan fingerprint density at radius 1 is 1.16 bits per heavy atom. The van der Waals surface area contributed by atoms with Crippen LogP contribution >= 0.6 is 0 Å². The molecule has 1 amide bonds. The molecule has 0 saturated heterocycles. The van der Waals surface area contributed by atoms with Gasteiger partial charge in [0.05, 0.1) is 6.04 Å². The highest BCUT2D eigenvalue weighted by molar-refractivity contribution is 5.84. The van der Waals surface area contributed by atoms with Crippen molar-refractivity contribution >= 4 is 11.9 Å². The summed E-state index contributed by atoms with van der Waals surface area (Å²) in [6.07, 6.45) is 4.06. The summed E-state index contributed by atoms with van der Waals surface area (Å²) in [4.78, 5) is 23.2. The predicted octanol–water partition coefficient (Wildman–Crippen LogP) is 1.91. The molecule has 0 aromatic heterocycles. The Labute approximate surface area is 116 Å². The van der Waals surface area contributed by atoms with Crippen molar-refractivity contribution in [2.45, 2.75) is 71.4 Å². The average molecular weight is 272 g/mol. The van der Waals surface area contributed by atoms with E-state index < -0.39 is 17.6 Å². The van der Waals surface area contributed by atoms with Gasteiger partial charge in [-0.25, -0.2) is 0 Å². The number of nitrogens with one attached hydrogen (secondary N) is 2. The van der Waals surface area contributed by atoms with Gasteiger partial charge < -0.3 is 10.4 Å². The molecule has 0 spiro atoms. The quantitative estimate of drug-likeness (QED) is 0.531. The van der Waals surface area contributed by atoms with Gasteiger partial charge in [0.15, 0.2) is 0 Å². The van der Waals surface area contributed by atoms with Crippen LogP contribution in [0.1, 0.15) is 59.8 Å². The maximum absolute atomic E-state index is 11.9. The lowest BCUT2D eigenvalue weighted by Gasteiger charge is -2.31. The van der Waals surface area contributed by atoms with Gasteiger partial charge >= 0.3 is 5.97 Å². The zero-order valence-corrected chi connectivity index (χ0v) is 12.6. The fourth-order valence-corrected chi connectivity index (χ4v) is 2.04. The van der Waals surface area contributed by atoms with E-state index in [0.717, 1.165) is 19.3 Å². The first-order chi connectivity index (χ1) is 8.93. The second-order valence-electron chi connectivity index (χ2n) is 4.96. The molecule has 0 aliphatic rings. The van der Waals surface area contributed by atoms with Gasteiger partial charge in [0.2, 0.25) is 5.91 Å². The van der Waals surface area contributed by atoms with Gasteiger partial charge in [-0.3, -0.25) is 14.9 Å². The number of hydrogen-bond acceptors (Lipinski definition) is 3. The number of hydrogen-bond donors (Lipinski definition) is 3. The van der Waals surface area contributed by atoms with Gasteiger partial charge in [-0.1, -0.05) is 33.6 Å². The Kier molecular flexibility index (Phi) is 8.39. The van der Waals surface area contributed by atoms with Crippen LogP contribution in [0.4, 0.5) is 0 Å². The molecule has 0 aliphatic carbocycles. The summed E-state index contributed by atoms with van der Waals surface area (Å²) in [5, 5.41) is 15.1. The largest absolute Gasteiger partial charge is 0.480 e. The lowest BCUT2D eigenvalue weighted by atomic mass is 9.92. The van der Waals surface area contributed by atoms with E-state index in [9.17, 15) is 14.7 Å². The maximum atomic E-state index is 11.9. The summed E-state index contributed by atoms with van der Waals surface area (Å²) in [6, 6.07) is -0.502. The molecular weight excluding hydrogens is 244 g/mol. The van der Waals surface area contributed by atoms with Crippen LogP contribution in [-0.2, 0) is 9.59 Å². The maximum Gasteiger partial charge on any atom is 0.323 e. The highest BCUT2D eigenvalue weighted by Crippen LogP contribution is 2.16. The number of carbonyl (C=O) groups is 2. The first-order valence-corrected chi connectivity index (χ1v) is 7.22. The Hall–Kier alpha value is -1.10. The molecule has 0 aliphatic heterocycles. The fourth-order valence-electron chi connectivity index (χ4n) is 2.04. The highest BCUT2D eigenvalue weighted by atomic mass is 16.4. The van der Waals surface area contributed by atoms with E-state index in [4.69, 9.17) is 0 Å². The second kappa shape index (κ2) is 8.91. The smallest absolute Gasteiger partial charge is 0.323 e. The lowest BCUT2D eigenvalue weighted by Crippen LogP contribution is -2.58. The van der Waals surface area contributed by atoms with E-state index in [0.29, 0.717) is 19.4 Å². The first-order valence-electron chi connectivity index (χ1n) is 7.22. The minimum atomic E-state index is -1.01. The zero-order chi connectivity index (χ0) is 14.9. The van der Waals surface area contributed by atoms with Crippen molar-refractivity contribution in [1.29, 1.82) is 0 Å². The number of carboxylic acids is 1. The van der Waals surface area contributed by atoms with E-state index in [2.05, 4.69) is 17.6 Å². The Morgan fingerprint density at radius 3 is 2.16 bits per heavy atom. The van der Waals surface area contributed by atoms with Crippen LogP contribution < -0.4 is 10.6 Å². The van der Waals surface area contributed by atoms with Gasteiger partial charge in [0.25, 0.3) is 0 Å². The molecule has 0 aromatic rings. The Morgan fingerprint density at radius 2 is 1.74 bits per heavy atom. The standard InChI is InChI=1S/C14H28N2O3/c1-5-8-9-10-15-12(17)11(4)16-14(6-2,7-3)13(18)19/h11,16H,5-10H2,1-4H3,(H,15,17)(H,18,19). The van der Waals surface area contributed by atoms with Crippen LogP contribution in [0.2, 0.25) is 0 Å². The molecular formula is C14H28N2O3. The topological polar surface area (TPSA) is 78.4 Å². The van der Waals surface area contributed by atoms with Crippen molar-refractivity contribution in [3.63, 3.8) is 0 Å². The SMILES string of the molecule is CCCCCNC(=O)C(C)NC(CC)(CC)C(=O)O. The van der Waals surface area contributed by atoms with Crippen LogP contribution in [0.5, 0.6) is 0 Å². The summed E-state index contributed by atoms with van der Waals surface area (Å²) in [7, 11) is 0. The van der Waals surface area contributed by atoms with E-state index in [1.807, 2.05) is 13.8 Å². The van der Waals surface area contributed by atoms with Gasteiger partial charge in [0, 0.05) is 6.54 Å². The molecule has 0 bridgehead atoms. The first kappa shape index (κ1) is 17.9. The number of unbranched alkanes of at least 4 members (excludes halogenated alkanes) is 2. The molecule has 0 rings (SSSR count). The third-order valence-electron chi connectivity index (χ3n) is 3.58. The van der Waals surface area contributed by atoms with E-state index in [1.54, 1.807) is 6.92 Å². The highest BCUT2D eigenvalue weighted by Gasteiger charge is 2.37. The zero-order valence-electron chi connectivity index (χ0n) is 12.6. The molecule has 0 saturated carbocycles. The van der Waals surface area contributed by atoms with Crippen molar-refractivity contribution in [2.24, 2.45) is 0 Å². The number of carboxylic acid groups (broad SMARTS) is 1. The molecule has 0 aromatic carbocycles. The molecule has 112 valence electrons. The van der Waals surface area contributed by atoms with Crippen molar-refractivity contribution < 1.29 is 14.7 Å². The van der Waals surface area contributed by atoms with Gasteiger partial charge in [-0.05, 0) is 26.2 Å². The summed E-state index contributed by atoms with van der Waals surface area (Å²) < 4.78 is 0. The van der Waals surface area contributed by atoms with Crippen molar-refractivity contribution in [3.8, 4) is 0 Å². The predicted molar refractivity (Wildman–Crippen MR) is 76.1 cm³/mol. The van der Waals surface area contributed by atoms with Crippen molar-refractivity contribution in [1.82, 2.24) is 10.6 Å². The second-order valence-corrected chi connectivity index (χ2v) is 4.96. The van der Waals surface area contributed by atoms with E-state index in [1.165, 1.54) is 0 Å². The molecule has 3 N–H and O–H groups in total. The van der Waals surface area contributed by atoms with Crippen molar-refractivity contribution in [3.05, 3.63) is 0 Å². The molecule has 5 heteroatoms. The third kappa shape index (κ3) is 5.59. The van der Waals surface area contributed by atoms with E-state index in [-0.39, 0.29) is 5.91 Å². The molecule has 0 radical (unpaired) electrons. The molecule has 19 heavy (non-hydrogen) atoms. The molecule has 1 atom stereocenters. The minimum Gasteiger partial charge on any atom is -0.480 e. The van der Waals surface area contributed by atoms with Gasteiger partial charge in [-0.2, -0.15) is 0 Å². The number of rotatable bonds is 10. The molecule has 1 unspecified atom stereocenters. The summed E-state index contributed by atoms with van der Waals surface area (Å²) in [5.41, 5.74) is -1.01. The number of carbonyl (C=O) groups excluding carboxylic acids is 1. The number of amides is 1. The molecule has 0 fully saturated rings. The number of aliphatic carboxylic acids is 1. The van der Waals surface area contributed by atoms with Gasteiger partial charge in [-0.15, -0.1) is 0 Å². The van der Waals surface area contributed by atoms with Gasteiger partial charge in [0.1, 0.15) is 5.54 Å². The monoisotopic (exact) mass is 272 g/mol. The fraction of sp³-hybridized carbons (Fsp3) is 0.857. The van der Waals surface area contributed by atoms with Crippen LogP contribution in [0, 0.1) is 0 Å².